The minimum Gasteiger partial charge on any atom is -0.218 e. The number of hydrogen-bond donors (Lipinski definition) is 0. The maximum absolute atomic E-state index is 12.5. The van der Waals surface area contributed by atoms with Gasteiger partial charge in [-0.25, -0.2) is 8.42 Å². The molecule has 0 atom stereocenters. The van der Waals surface area contributed by atoms with E-state index < -0.39 is 9.84 Å². The minimum atomic E-state index is -3.88. The van der Waals surface area contributed by atoms with Gasteiger partial charge in [-0.3, -0.25) is 0 Å². The van der Waals surface area contributed by atoms with Gasteiger partial charge in [0, 0.05) is 0 Å². The molecule has 7 heteroatoms. The molecule has 2 aromatic rings. The minimum absolute atomic E-state index is 0.0329. The lowest BCUT2D eigenvalue weighted by Gasteiger charge is -2.11. The topological polar surface area (TPSA) is 34.1 Å². The summed E-state index contributed by atoms with van der Waals surface area (Å²) in [5, 5.41) is -0.212. The summed E-state index contributed by atoms with van der Waals surface area (Å²) in [5.41, 5.74) is 0. The molecule has 0 aromatic heterocycles. The lowest BCUT2D eigenvalue weighted by atomic mass is 10.3. The molecule has 0 N–H and O–H groups in total. The maximum Gasteiger partial charge on any atom is 0.209 e. The highest BCUT2D eigenvalue weighted by Crippen LogP contribution is 2.41. The van der Waals surface area contributed by atoms with E-state index >= 15 is 0 Å². The fourth-order valence-corrected chi connectivity index (χ4v) is 4.48. The molecule has 2 nitrogen and oxygen atoms in total. The third kappa shape index (κ3) is 2.71. The van der Waals surface area contributed by atoms with Gasteiger partial charge in [0.25, 0.3) is 0 Å². The molecular weight excluding hydrogens is 350 g/mol. The van der Waals surface area contributed by atoms with Crippen LogP contribution in [0.2, 0.25) is 20.1 Å². The first-order chi connectivity index (χ1) is 8.85. The summed E-state index contributed by atoms with van der Waals surface area (Å²) in [4.78, 5) is -0.211. The SMILES string of the molecule is O=S(=O)(c1ccccc1)c1c(Cl)c(Cl)cc(Cl)c1Cl. The van der Waals surface area contributed by atoms with E-state index in [1.165, 1.54) is 18.2 Å². The van der Waals surface area contributed by atoms with E-state index in [0.717, 1.165) is 0 Å². The molecule has 0 radical (unpaired) electrons. The Kier molecular flexibility index (Phi) is 4.33. The third-order valence-electron chi connectivity index (χ3n) is 2.39. The first-order valence-electron chi connectivity index (χ1n) is 4.99. The van der Waals surface area contributed by atoms with E-state index in [-0.39, 0.29) is 29.9 Å². The van der Waals surface area contributed by atoms with Gasteiger partial charge in [-0.1, -0.05) is 64.6 Å². The molecular formula is C12H6Cl4O2S. The van der Waals surface area contributed by atoms with Crippen LogP contribution in [0, 0.1) is 0 Å². The van der Waals surface area contributed by atoms with E-state index in [0.29, 0.717) is 0 Å². The highest BCUT2D eigenvalue weighted by molar-refractivity contribution is 7.91. The van der Waals surface area contributed by atoms with Crippen LogP contribution in [0.25, 0.3) is 0 Å². The van der Waals surface area contributed by atoms with Gasteiger partial charge in [0.2, 0.25) is 9.84 Å². The van der Waals surface area contributed by atoms with Crippen molar-refractivity contribution < 1.29 is 8.42 Å². The second kappa shape index (κ2) is 5.51. The fourth-order valence-electron chi connectivity index (χ4n) is 1.50. The zero-order valence-electron chi connectivity index (χ0n) is 9.20. The Balaban J connectivity index is 2.80. The predicted octanol–water partition coefficient (Wildman–Crippen LogP) is 5.13. The second-order valence-electron chi connectivity index (χ2n) is 3.61. The molecule has 0 aliphatic carbocycles. The van der Waals surface area contributed by atoms with Crippen molar-refractivity contribution in [3.63, 3.8) is 0 Å². The van der Waals surface area contributed by atoms with E-state index in [9.17, 15) is 8.42 Å². The van der Waals surface area contributed by atoms with Crippen molar-refractivity contribution in [1.82, 2.24) is 0 Å². The molecule has 0 fully saturated rings. The standard InChI is InChI=1S/C12H6Cl4O2S/c13-8-6-9(14)11(16)12(10(8)15)19(17,18)7-4-2-1-3-5-7/h1-6H. The number of sulfone groups is 1. The van der Waals surface area contributed by atoms with Gasteiger partial charge in [0.1, 0.15) is 4.90 Å². The Morgan fingerprint density at radius 1 is 0.789 bits per heavy atom. The summed E-state index contributed by atoms with van der Waals surface area (Å²) in [5.74, 6) is 0. The van der Waals surface area contributed by atoms with E-state index in [2.05, 4.69) is 0 Å². The van der Waals surface area contributed by atoms with Gasteiger partial charge in [-0.15, -0.1) is 0 Å². The summed E-state index contributed by atoms with van der Waals surface area (Å²) in [7, 11) is -3.88. The molecule has 0 heterocycles. The smallest absolute Gasteiger partial charge is 0.209 e. The first kappa shape index (κ1) is 14.9. The molecule has 0 unspecified atom stereocenters. The summed E-state index contributed by atoms with van der Waals surface area (Å²) in [6.45, 7) is 0. The summed E-state index contributed by atoms with van der Waals surface area (Å²) in [6.07, 6.45) is 0. The Labute approximate surface area is 130 Å². The van der Waals surface area contributed by atoms with Crippen molar-refractivity contribution >= 4 is 56.2 Å². The van der Waals surface area contributed by atoms with Gasteiger partial charge in [0.15, 0.2) is 0 Å². The van der Waals surface area contributed by atoms with Crippen LogP contribution in [0.3, 0.4) is 0 Å². The van der Waals surface area contributed by atoms with Crippen molar-refractivity contribution in [3.05, 3.63) is 56.5 Å². The quantitative estimate of drug-likeness (QED) is 0.699. The third-order valence-corrected chi connectivity index (χ3v) is 6.03. The van der Waals surface area contributed by atoms with Gasteiger partial charge in [-0.2, -0.15) is 0 Å². The van der Waals surface area contributed by atoms with Crippen LogP contribution in [-0.2, 0) is 9.84 Å². The maximum atomic E-state index is 12.5. The van der Waals surface area contributed by atoms with Gasteiger partial charge in [-0.05, 0) is 18.2 Å². The van der Waals surface area contributed by atoms with Crippen molar-refractivity contribution in [2.24, 2.45) is 0 Å². The van der Waals surface area contributed by atoms with Crippen molar-refractivity contribution in [2.75, 3.05) is 0 Å². The molecule has 0 saturated carbocycles. The van der Waals surface area contributed by atoms with Crippen LogP contribution in [-0.4, -0.2) is 8.42 Å². The average molecular weight is 356 g/mol. The molecule has 0 aliphatic rings. The second-order valence-corrected chi connectivity index (χ2v) is 7.07. The molecule has 19 heavy (non-hydrogen) atoms. The van der Waals surface area contributed by atoms with Crippen LogP contribution in [0.1, 0.15) is 0 Å². The van der Waals surface area contributed by atoms with Crippen LogP contribution < -0.4 is 0 Å². The average Bonchev–Trinajstić information content (AvgIpc) is 2.37. The van der Waals surface area contributed by atoms with Crippen LogP contribution in [0.4, 0.5) is 0 Å². The number of rotatable bonds is 2. The summed E-state index contributed by atoms with van der Waals surface area (Å²) < 4.78 is 25.0. The number of halogens is 4. The molecule has 100 valence electrons. The molecule has 0 spiro atoms. The highest BCUT2D eigenvalue weighted by Gasteiger charge is 2.27. The monoisotopic (exact) mass is 354 g/mol. The molecule has 0 amide bonds. The Hall–Kier alpha value is -0.450. The van der Waals surface area contributed by atoms with Gasteiger partial charge >= 0.3 is 0 Å². The lowest BCUT2D eigenvalue weighted by molar-refractivity contribution is 0.596. The number of benzene rings is 2. The molecule has 0 saturated heterocycles. The lowest BCUT2D eigenvalue weighted by Crippen LogP contribution is -2.04. The molecule has 2 rings (SSSR count). The van der Waals surface area contributed by atoms with E-state index in [4.69, 9.17) is 46.4 Å². The fraction of sp³-hybridized carbons (Fsp3) is 0. The summed E-state index contributed by atoms with van der Waals surface area (Å²) in [6, 6.07) is 9.08. The Morgan fingerprint density at radius 2 is 1.26 bits per heavy atom. The predicted molar refractivity (Wildman–Crippen MR) is 78.4 cm³/mol. The van der Waals surface area contributed by atoms with Crippen LogP contribution in [0.15, 0.2) is 46.2 Å². The van der Waals surface area contributed by atoms with Crippen molar-refractivity contribution in [2.45, 2.75) is 9.79 Å². The first-order valence-corrected chi connectivity index (χ1v) is 7.98. The van der Waals surface area contributed by atoms with Crippen LogP contribution >= 0.6 is 46.4 Å². The Morgan fingerprint density at radius 3 is 1.74 bits per heavy atom. The number of hydrogen-bond acceptors (Lipinski definition) is 2. The largest absolute Gasteiger partial charge is 0.218 e. The van der Waals surface area contributed by atoms with Crippen molar-refractivity contribution in [1.29, 1.82) is 0 Å². The highest BCUT2D eigenvalue weighted by atomic mass is 35.5. The zero-order valence-corrected chi connectivity index (χ0v) is 13.0. The van der Waals surface area contributed by atoms with Crippen molar-refractivity contribution in [3.8, 4) is 0 Å². The van der Waals surface area contributed by atoms with E-state index in [1.807, 2.05) is 0 Å². The van der Waals surface area contributed by atoms with Crippen LogP contribution in [0.5, 0.6) is 0 Å². The van der Waals surface area contributed by atoms with E-state index in [1.54, 1.807) is 18.2 Å². The Bertz CT molecular complexity index is 701. The molecule has 0 bridgehead atoms. The zero-order chi connectivity index (χ0) is 14.2. The van der Waals surface area contributed by atoms with Gasteiger partial charge in [0.05, 0.1) is 25.0 Å². The normalized spacial score (nSPS) is 11.6. The molecule has 0 aliphatic heterocycles. The van der Waals surface area contributed by atoms with Gasteiger partial charge < -0.3 is 0 Å². The summed E-state index contributed by atoms with van der Waals surface area (Å²) >= 11 is 23.6. The molecule has 2 aromatic carbocycles.